The molecule has 2 aliphatic rings. The maximum absolute atomic E-state index is 12.6. The molecule has 6 nitrogen and oxygen atoms in total. The molecule has 0 spiro atoms. The van der Waals surface area contributed by atoms with Crippen LogP contribution in [0.5, 0.6) is 11.5 Å². The molecule has 2 aromatic rings. The molecule has 1 saturated heterocycles. The Hall–Kier alpha value is -2.83. The van der Waals surface area contributed by atoms with Gasteiger partial charge in [-0.25, -0.2) is 0 Å². The lowest BCUT2D eigenvalue weighted by atomic mass is 9.85. The highest BCUT2D eigenvalue weighted by Crippen LogP contribution is 2.42. The molecule has 1 aliphatic carbocycles. The van der Waals surface area contributed by atoms with E-state index in [1.807, 2.05) is 19.2 Å². The second-order valence-electron chi connectivity index (χ2n) is 8.35. The molecule has 0 saturated carbocycles. The molecule has 2 unspecified atom stereocenters. The van der Waals surface area contributed by atoms with Crippen molar-refractivity contribution in [1.29, 1.82) is 0 Å². The Labute approximate surface area is 181 Å². The van der Waals surface area contributed by atoms with Crippen LogP contribution in [-0.4, -0.2) is 48.0 Å². The van der Waals surface area contributed by atoms with Crippen LogP contribution in [-0.2, 0) is 0 Å². The Morgan fingerprint density at radius 3 is 2.90 bits per heavy atom. The van der Waals surface area contributed by atoms with Gasteiger partial charge < -0.3 is 24.3 Å². The quantitative estimate of drug-likeness (QED) is 0.761. The minimum atomic E-state index is -0.632. The van der Waals surface area contributed by atoms with Crippen molar-refractivity contribution in [2.75, 3.05) is 26.7 Å². The third-order valence-corrected chi connectivity index (χ3v) is 5.93. The Bertz CT molecular complexity index is 1110. The van der Waals surface area contributed by atoms with Crippen LogP contribution >= 0.6 is 0 Å². The first-order valence-corrected chi connectivity index (χ1v) is 10.8. The molecular formula is C25H29NO5. The summed E-state index contributed by atoms with van der Waals surface area (Å²) in [6, 6.07) is 2.84. The third kappa shape index (κ3) is 4.60. The van der Waals surface area contributed by atoms with Crippen LogP contribution in [0.25, 0.3) is 11.0 Å². The first-order chi connectivity index (χ1) is 14.9. The number of aryl methyl sites for hydroxylation is 1. The average Bonchev–Trinajstić information content (AvgIpc) is 2.72. The topological polar surface area (TPSA) is 83.1 Å². The van der Waals surface area contributed by atoms with Gasteiger partial charge in [0.1, 0.15) is 34.8 Å². The number of likely N-dealkylation sites (tertiary alicyclic amines) is 1. The number of fused-ring (bicyclic) bond motifs is 1. The number of aliphatic hydroxyl groups excluding tert-OH is 1. The molecule has 1 aromatic heterocycles. The van der Waals surface area contributed by atoms with Crippen LogP contribution in [0.1, 0.15) is 36.5 Å². The van der Waals surface area contributed by atoms with E-state index in [1.165, 1.54) is 12.1 Å². The Morgan fingerprint density at radius 2 is 2.16 bits per heavy atom. The predicted molar refractivity (Wildman–Crippen MR) is 121 cm³/mol. The van der Waals surface area contributed by atoms with E-state index in [4.69, 9.17) is 9.15 Å². The summed E-state index contributed by atoms with van der Waals surface area (Å²) in [5.41, 5.74) is 1.79. The molecule has 0 radical (unpaired) electrons. The summed E-state index contributed by atoms with van der Waals surface area (Å²) in [5, 5.41) is 21.5. The normalized spacial score (nSPS) is 22.2. The van der Waals surface area contributed by atoms with Crippen molar-refractivity contribution in [2.24, 2.45) is 0 Å². The number of phenols is 1. The van der Waals surface area contributed by atoms with Gasteiger partial charge in [-0.1, -0.05) is 24.3 Å². The number of aliphatic hydroxyl groups is 1. The third-order valence-electron chi connectivity index (χ3n) is 5.93. The summed E-state index contributed by atoms with van der Waals surface area (Å²) < 4.78 is 12.0. The largest absolute Gasteiger partial charge is 0.507 e. The first-order valence-electron chi connectivity index (χ1n) is 10.8. The Kier molecular flexibility index (Phi) is 6.30. The molecule has 1 aliphatic heterocycles. The number of hydrogen-bond acceptors (Lipinski definition) is 6. The highest BCUT2D eigenvalue weighted by atomic mass is 16.5. The molecule has 2 atom stereocenters. The zero-order chi connectivity index (χ0) is 22.0. The molecular weight excluding hydrogens is 394 g/mol. The molecule has 4 rings (SSSR count). The molecule has 31 heavy (non-hydrogen) atoms. The van der Waals surface area contributed by atoms with Crippen molar-refractivity contribution < 1.29 is 19.4 Å². The maximum Gasteiger partial charge on any atom is 0.196 e. The number of phenolic OH excluding ortho intramolecular Hbond substituents is 1. The molecule has 2 N–H and O–H groups in total. The van der Waals surface area contributed by atoms with Gasteiger partial charge in [0.15, 0.2) is 5.43 Å². The number of hydrogen-bond donors (Lipinski definition) is 2. The number of nitrogens with zero attached hydrogens (tertiary/aromatic N) is 1. The number of benzene rings is 1. The molecule has 2 heterocycles. The van der Waals surface area contributed by atoms with E-state index in [2.05, 4.69) is 23.1 Å². The summed E-state index contributed by atoms with van der Waals surface area (Å²) in [5.74, 6) is 0.456. The lowest BCUT2D eigenvalue weighted by Crippen LogP contribution is -2.40. The van der Waals surface area contributed by atoms with Gasteiger partial charge in [0.05, 0.1) is 6.10 Å². The fourth-order valence-corrected chi connectivity index (χ4v) is 4.40. The number of likely N-dealkylation sites (N-methyl/N-ethyl adjacent to an activating group) is 1. The van der Waals surface area contributed by atoms with Crippen molar-refractivity contribution in [3.8, 4) is 11.5 Å². The molecule has 1 aromatic carbocycles. The second kappa shape index (κ2) is 9.12. The van der Waals surface area contributed by atoms with Gasteiger partial charge in [-0.15, -0.1) is 0 Å². The molecule has 1 fully saturated rings. The van der Waals surface area contributed by atoms with E-state index in [9.17, 15) is 15.0 Å². The second-order valence-corrected chi connectivity index (χ2v) is 8.35. The summed E-state index contributed by atoms with van der Waals surface area (Å²) in [6.07, 6.45) is 12.5. The summed E-state index contributed by atoms with van der Waals surface area (Å²) in [6.45, 7) is 3.32. The van der Waals surface area contributed by atoms with E-state index in [1.54, 1.807) is 6.92 Å². The molecule has 0 amide bonds. The number of aromatic hydroxyl groups is 1. The standard InChI is InChI=1S/C25H29NO5/c1-16-13-19(27)24-20(28)14-22(30-12-6-9-17-7-4-3-5-8-17)23(25(24)31-16)18-10-11-26(2)15-21(18)29/h4,6-9,13-14,18,21,28-29H,3,5,10-12,15H2,1-2H3/b9-6+. The zero-order valence-corrected chi connectivity index (χ0v) is 18.0. The van der Waals surface area contributed by atoms with Gasteiger partial charge in [-0.2, -0.15) is 0 Å². The highest BCUT2D eigenvalue weighted by molar-refractivity contribution is 5.88. The number of β-amino-alcohol motifs (C(OH)–C–C–N with tert-alkyl or cyclic N) is 1. The van der Waals surface area contributed by atoms with E-state index in [0.717, 1.165) is 25.0 Å². The smallest absolute Gasteiger partial charge is 0.196 e. The highest BCUT2D eigenvalue weighted by Gasteiger charge is 2.33. The summed E-state index contributed by atoms with van der Waals surface area (Å²) >= 11 is 0. The Morgan fingerprint density at radius 1 is 1.32 bits per heavy atom. The predicted octanol–water partition coefficient (Wildman–Crippen LogP) is 3.80. The van der Waals surface area contributed by atoms with Gasteiger partial charge in [-0.3, -0.25) is 4.79 Å². The zero-order valence-electron chi connectivity index (χ0n) is 18.0. The van der Waals surface area contributed by atoms with Crippen LogP contribution in [0.15, 0.2) is 57.3 Å². The van der Waals surface area contributed by atoms with Crippen LogP contribution in [0.2, 0.25) is 0 Å². The van der Waals surface area contributed by atoms with E-state index >= 15 is 0 Å². The number of rotatable bonds is 5. The number of allylic oxidation sites excluding steroid dienone is 5. The fourth-order valence-electron chi connectivity index (χ4n) is 4.40. The van der Waals surface area contributed by atoms with Gasteiger partial charge in [0.2, 0.25) is 0 Å². The molecule has 6 heteroatoms. The summed E-state index contributed by atoms with van der Waals surface area (Å²) in [7, 11) is 1.97. The number of piperidine rings is 1. The minimum Gasteiger partial charge on any atom is -0.507 e. The summed E-state index contributed by atoms with van der Waals surface area (Å²) in [4.78, 5) is 14.6. The Balaban J connectivity index is 1.73. The average molecular weight is 424 g/mol. The van der Waals surface area contributed by atoms with Crippen LogP contribution in [0.3, 0.4) is 0 Å². The van der Waals surface area contributed by atoms with Crippen molar-refractivity contribution in [1.82, 2.24) is 4.90 Å². The fraction of sp³-hybridized carbons (Fsp3) is 0.400. The van der Waals surface area contributed by atoms with Gasteiger partial charge in [-0.05, 0) is 51.4 Å². The van der Waals surface area contributed by atoms with Crippen LogP contribution in [0, 0.1) is 6.92 Å². The van der Waals surface area contributed by atoms with Gasteiger partial charge in [0.25, 0.3) is 0 Å². The van der Waals surface area contributed by atoms with E-state index < -0.39 is 6.10 Å². The maximum atomic E-state index is 12.6. The van der Waals surface area contributed by atoms with Crippen molar-refractivity contribution in [2.45, 2.75) is 38.2 Å². The van der Waals surface area contributed by atoms with Gasteiger partial charge in [0, 0.05) is 30.2 Å². The van der Waals surface area contributed by atoms with Crippen LogP contribution in [0.4, 0.5) is 0 Å². The minimum absolute atomic E-state index is 0.132. The molecule has 164 valence electrons. The SMILES string of the molecule is Cc1cc(=O)c2c(O)cc(OC/C=C/C3=CCCC=C3)c(C3CCN(C)CC3O)c2o1. The lowest BCUT2D eigenvalue weighted by molar-refractivity contribution is 0.0629. The van der Waals surface area contributed by atoms with Crippen molar-refractivity contribution in [3.63, 3.8) is 0 Å². The lowest BCUT2D eigenvalue weighted by Gasteiger charge is -2.34. The van der Waals surface area contributed by atoms with Crippen molar-refractivity contribution in [3.05, 3.63) is 69.6 Å². The van der Waals surface area contributed by atoms with Gasteiger partial charge >= 0.3 is 0 Å². The van der Waals surface area contributed by atoms with Crippen molar-refractivity contribution >= 4 is 11.0 Å². The molecule has 0 bridgehead atoms. The number of ether oxygens (including phenoxy) is 1. The van der Waals surface area contributed by atoms with E-state index in [0.29, 0.717) is 42.2 Å². The first kappa shape index (κ1) is 21.4. The van der Waals surface area contributed by atoms with E-state index in [-0.39, 0.29) is 22.5 Å². The van der Waals surface area contributed by atoms with Crippen LogP contribution < -0.4 is 10.2 Å². The monoisotopic (exact) mass is 423 g/mol.